The third kappa shape index (κ3) is 8.14. The number of phenolic OH excluding ortho intramolecular Hbond substituents is 1. The van der Waals surface area contributed by atoms with Crippen molar-refractivity contribution >= 4 is 23.4 Å². The number of carbonyl (C=O) groups excluding carboxylic acids is 3. The molecule has 3 amide bonds. The van der Waals surface area contributed by atoms with E-state index in [4.69, 9.17) is 14.2 Å². The van der Waals surface area contributed by atoms with Crippen LogP contribution in [0.5, 0.6) is 11.5 Å². The van der Waals surface area contributed by atoms with Crippen LogP contribution in [-0.2, 0) is 32.0 Å². The predicted molar refractivity (Wildman–Crippen MR) is 197 cm³/mol. The molecule has 10 nitrogen and oxygen atoms in total. The van der Waals surface area contributed by atoms with Gasteiger partial charge in [-0.05, 0) is 102 Å². The molecule has 7 rings (SSSR count). The van der Waals surface area contributed by atoms with Crippen LogP contribution in [0.2, 0.25) is 0 Å². The molecule has 1 aliphatic carbocycles. The molecule has 0 aromatic heterocycles. The summed E-state index contributed by atoms with van der Waals surface area (Å²) in [6.45, 7) is 3.54. The van der Waals surface area contributed by atoms with Gasteiger partial charge in [0.1, 0.15) is 24.1 Å². The number of benzene rings is 4. The van der Waals surface area contributed by atoms with Gasteiger partial charge in [-0.3, -0.25) is 19.7 Å². The zero-order valence-corrected chi connectivity index (χ0v) is 29.2. The number of nitrogens with zero attached hydrogens (tertiary/aromatic N) is 1. The Balaban J connectivity index is 0.784. The Morgan fingerprint density at radius 3 is 2.37 bits per heavy atom. The summed E-state index contributed by atoms with van der Waals surface area (Å²) >= 11 is 0. The number of ether oxygens (including phenoxy) is 3. The van der Waals surface area contributed by atoms with E-state index in [9.17, 15) is 19.5 Å². The third-order valence-electron chi connectivity index (χ3n) is 10.2. The first kappa shape index (κ1) is 35.2. The van der Waals surface area contributed by atoms with E-state index in [0.29, 0.717) is 69.8 Å². The molecule has 0 bridgehead atoms. The number of fused-ring (bicyclic) bond motifs is 2. The average Bonchev–Trinajstić information content (AvgIpc) is 3.48. The maximum absolute atomic E-state index is 12.9. The van der Waals surface area contributed by atoms with E-state index in [1.54, 1.807) is 17.0 Å². The van der Waals surface area contributed by atoms with E-state index in [0.717, 1.165) is 36.3 Å². The molecule has 2 heterocycles. The van der Waals surface area contributed by atoms with Crippen LogP contribution < -0.4 is 15.4 Å². The first-order chi connectivity index (χ1) is 25.4. The second-order valence-electron chi connectivity index (χ2n) is 13.6. The van der Waals surface area contributed by atoms with Crippen molar-refractivity contribution in [2.24, 2.45) is 0 Å². The lowest BCUT2D eigenvalue weighted by Crippen LogP contribution is -2.52. The van der Waals surface area contributed by atoms with Crippen LogP contribution in [0, 0.1) is 0 Å². The zero-order valence-electron chi connectivity index (χ0n) is 29.2. The van der Waals surface area contributed by atoms with Crippen molar-refractivity contribution < 1.29 is 33.7 Å². The number of hydrogen-bond donors (Lipinski definition) is 3. The van der Waals surface area contributed by atoms with E-state index in [1.165, 1.54) is 22.3 Å². The second kappa shape index (κ2) is 16.4. The maximum Gasteiger partial charge on any atom is 0.255 e. The van der Waals surface area contributed by atoms with Crippen molar-refractivity contribution in [3.63, 3.8) is 0 Å². The van der Waals surface area contributed by atoms with Crippen molar-refractivity contribution in [2.75, 3.05) is 44.9 Å². The fourth-order valence-corrected chi connectivity index (χ4v) is 7.68. The molecule has 4 aromatic rings. The number of carbonyl (C=O) groups is 3. The normalized spacial score (nSPS) is 19.6. The lowest BCUT2D eigenvalue weighted by atomic mass is 9.69. The number of phenols is 1. The second-order valence-corrected chi connectivity index (χ2v) is 13.6. The number of imide groups is 1. The van der Waals surface area contributed by atoms with E-state index in [-0.39, 0.29) is 24.2 Å². The lowest BCUT2D eigenvalue weighted by molar-refractivity contribution is -0.136. The molecule has 3 N–H and O–H groups in total. The summed E-state index contributed by atoms with van der Waals surface area (Å²) in [4.78, 5) is 38.2. The molecule has 1 saturated heterocycles. The topological polar surface area (TPSA) is 126 Å². The van der Waals surface area contributed by atoms with Crippen LogP contribution in [0.25, 0.3) is 0 Å². The van der Waals surface area contributed by atoms with Gasteiger partial charge in [-0.15, -0.1) is 0 Å². The molecule has 52 heavy (non-hydrogen) atoms. The van der Waals surface area contributed by atoms with Crippen molar-refractivity contribution in [1.29, 1.82) is 0 Å². The number of aryl methyl sites for hydroxylation is 1. The molecular formula is C42H45N3O7. The van der Waals surface area contributed by atoms with Gasteiger partial charge in [-0.2, -0.15) is 0 Å². The molecular weight excluding hydrogens is 658 g/mol. The monoisotopic (exact) mass is 703 g/mol. The smallest absolute Gasteiger partial charge is 0.255 e. The van der Waals surface area contributed by atoms with Crippen LogP contribution in [0.15, 0.2) is 91.0 Å². The summed E-state index contributed by atoms with van der Waals surface area (Å²) in [6, 6.07) is 29.9. The largest absolute Gasteiger partial charge is 0.508 e. The summed E-state index contributed by atoms with van der Waals surface area (Å²) in [5, 5.41) is 15.8. The van der Waals surface area contributed by atoms with Crippen LogP contribution in [-0.4, -0.2) is 73.3 Å². The molecule has 1 unspecified atom stereocenters. The quantitative estimate of drug-likeness (QED) is 0.103. The molecule has 0 spiro atoms. The van der Waals surface area contributed by atoms with Crippen LogP contribution >= 0.6 is 0 Å². The standard InChI is InChI=1S/C42H45N3O7/c46-33-11-16-36-30(26-33)9-14-35(28-5-2-1-3-6-28)40(36)29-7-12-34(13-8-29)52-24-23-51-22-21-50-20-4-19-43-32-10-15-37-31(25-32)27-45(42(37)49)38-17-18-39(47)44-41(38)48/h1-3,5-8,10-13,15-16,25-26,35,38,40,43,46H,4,9,14,17-24,27H2,(H,44,47,48)/t35?,38-,40-/m0/s1. The Kier molecular flexibility index (Phi) is 11.1. The minimum absolute atomic E-state index is 0.172. The minimum Gasteiger partial charge on any atom is -0.508 e. The Morgan fingerprint density at radius 1 is 0.769 bits per heavy atom. The van der Waals surface area contributed by atoms with Crippen LogP contribution in [0.3, 0.4) is 0 Å². The average molecular weight is 704 g/mol. The molecule has 3 atom stereocenters. The van der Waals surface area contributed by atoms with E-state index >= 15 is 0 Å². The minimum atomic E-state index is -0.613. The highest BCUT2D eigenvalue weighted by Crippen LogP contribution is 2.47. The van der Waals surface area contributed by atoms with Crippen molar-refractivity contribution in [2.45, 2.75) is 56.5 Å². The van der Waals surface area contributed by atoms with Crippen molar-refractivity contribution in [1.82, 2.24) is 10.2 Å². The Hall–Kier alpha value is -5.19. The highest BCUT2D eigenvalue weighted by Gasteiger charge is 2.39. The van der Waals surface area contributed by atoms with Gasteiger partial charge >= 0.3 is 0 Å². The summed E-state index contributed by atoms with van der Waals surface area (Å²) in [6.07, 6.45) is 3.37. The molecule has 0 saturated carbocycles. The Morgan fingerprint density at radius 2 is 1.56 bits per heavy atom. The molecule has 2 aliphatic heterocycles. The molecule has 1 fully saturated rings. The highest BCUT2D eigenvalue weighted by atomic mass is 16.5. The molecule has 270 valence electrons. The van der Waals surface area contributed by atoms with E-state index in [1.807, 2.05) is 30.3 Å². The van der Waals surface area contributed by atoms with Crippen molar-refractivity contribution in [3.05, 3.63) is 124 Å². The summed E-state index contributed by atoms with van der Waals surface area (Å²) in [7, 11) is 0. The molecule has 0 radical (unpaired) electrons. The predicted octanol–water partition coefficient (Wildman–Crippen LogP) is 5.93. The van der Waals surface area contributed by atoms with Crippen molar-refractivity contribution in [3.8, 4) is 11.5 Å². The van der Waals surface area contributed by atoms with Gasteiger partial charge in [0.15, 0.2) is 0 Å². The molecule has 3 aliphatic rings. The third-order valence-corrected chi connectivity index (χ3v) is 10.2. The molecule has 4 aromatic carbocycles. The van der Waals surface area contributed by atoms with Gasteiger partial charge < -0.3 is 29.5 Å². The Bertz CT molecular complexity index is 1880. The number of rotatable bonds is 15. The van der Waals surface area contributed by atoms with Gasteiger partial charge in [-0.1, -0.05) is 48.5 Å². The number of piperidine rings is 1. The van der Waals surface area contributed by atoms with Gasteiger partial charge in [0.2, 0.25) is 11.8 Å². The van der Waals surface area contributed by atoms with Gasteiger partial charge in [-0.25, -0.2) is 0 Å². The number of amides is 3. The van der Waals surface area contributed by atoms with Gasteiger partial charge in [0.05, 0.1) is 19.8 Å². The van der Waals surface area contributed by atoms with E-state index < -0.39 is 11.9 Å². The SMILES string of the molecule is O=C1CC[C@H](N2Cc3cc(NCCCOCCOCCOc4ccc([C@@H]5c6ccc(O)cc6CCC5c5ccccc5)cc4)ccc3C2=O)C(=O)N1. The highest BCUT2D eigenvalue weighted by molar-refractivity contribution is 6.05. The van der Waals surface area contributed by atoms with E-state index in [2.05, 4.69) is 59.2 Å². The summed E-state index contributed by atoms with van der Waals surface area (Å²) in [5.74, 6) is 0.810. The number of anilines is 1. The molecule has 10 heteroatoms. The van der Waals surface area contributed by atoms with Gasteiger partial charge in [0.25, 0.3) is 5.91 Å². The Labute approximate surface area is 304 Å². The summed E-state index contributed by atoms with van der Waals surface area (Å²) in [5.41, 5.74) is 7.44. The fraction of sp³-hybridized carbons (Fsp3) is 0.357. The first-order valence-corrected chi connectivity index (χ1v) is 18.2. The first-order valence-electron chi connectivity index (χ1n) is 18.2. The fourth-order valence-electron chi connectivity index (χ4n) is 7.68. The van der Waals surface area contributed by atoms with Crippen LogP contribution in [0.4, 0.5) is 5.69 Å². The lowest BCUT2D eigenvalue weighted by Gasteiger charge is -2.34. The zero-order chi connectivity index (χ0) is 35.9. The number of hydrogen-bond acceptors (Lipinski definition) is 8. The van der Waals surface area contributed by atoms with Gasteiger partial charge in [0, 0.05) is 43.3 Å². The number of nitrogens with one attached hydrogen (secondary N) is 2. The summed E-state index contributed by atoms with van der Waals surface area (Å²) < 4.78 is 17.4. The number of aromatic hydroxyl groups is 1. The van der Waals surface area contributed by atoms with Crippen LogP contribution in [0.1, 0.15) is 75.7 Å². The maximum atomic E-state index is 12.9.